The molecule has 1 fully saturated rings. The number of piperazine rings is 1. The summed E-state index contributed by atoms with van der Waals surface area (Å²) in [4.78, 5) is 16.8. The molecule has 0 aromatic carbocycles. The van der Waals surface area contributed by atoms with E-state index in [1.165, 1.54) is 0 Å². The van der Waals surface area contributed by atoms with Crippen LogP contribution in [0.15, 0.2) is 9.05 Å². The van der Waals surface area contributed by atoms with Gasteiger partial charge in [-0.05, 0) is 27.7 Å². The van der Waals surface area contributed by atoms with E-state index in [9.17, 15) is 4.79 Å². The minimum atomic E-state index is 0.207. The van der Waals surface area contributed by atoms with Crippen LogP contribution >= 0.6 is 0 Å². The van der Waals surface area contributed by atoms with Crippen molar-refractivity contribution in [2.45, 2.75) is 47.2 Å². The lowest BCUT2D eigenvalue weighted by Crippen LogP contribution is -2.47. The summed E-state index contributed by atoms with van der Waals surface area (Å²) in [5.41, 5.74) is 3.95. The molecule has 0 unspecified atom stereocenters. The molecule has 0 aliphatic carbocycles. The predicted molar refractivity (Wildman–Crippen MR) is 100 cm³/mol. The first kappa shape index (κ1) is 19.6. The Morgan fingerprint density at radius 3 is 1.96 bits per heavy atom. The Balaban J connectivity index is 1.70. The van der Waals surface area contributed by atoms with E-state index in [4.69, 9.17) is 9.05 Å². The Morgan fingerprint density at radius 1 is 1.00 bits per heavy atom. The minimum Gasteiger partial charge on any atom is -0.361 e. The summed E-state index contributed by atoms with van der Waals surface area (Å²) in [7, 11) is 0. The number of hydrogen-bond donors (Lipinski definition) is 1. The molecule has 1 aliphatic rings. The van der Waals surface area contributed by atoms with Gasteiger partial charge in [0.25, 0.3) is 0 Å². The van der Waals surface area contributed by atoms with Crippen LogP contribution in [0.5, 0.6) is 0 Å². The molecular formula is C19H29N5O3. The molecule has 148 valence electrons. The van der Waals surface area contributed by atoms with Crippen LogP contribution in [-0.2, 0) is 17.9 Å². The minimum absolute atomic E-state index is 0.207. The van der Waals surface area contributed by atoms with Crippen molar-refractivity contribution in [1.29, 1.82) is 0 Å². The van der Waals surface area contributed by atoms with Gasteiger partial charge in [-0.1, -0.05) is 10.3 Å². The molecule has 2 aromatic heterocycles. The molecule has 3 rings (SSSR count). The molecule has 1 amide bonds. The normalized spacial score (nSPS) is 14.9. The first-order valence-electron chi connectivity index (χ1n) is 9.50. The van der Waals surface area contributed by atoms with Gasteiger partial charge in [0.2, 0.25) is 5.91 Å². The van der Waals surface area contributed by atoms with Crippen LogP contribution in [0.4, 0.5) is 0 Å². The first-order valence-corrected chi connectivity index (χ1v) is 9.50. The fourth-order valence-corrected chi connectivity index (χ4v) is 3.44. The Bertz CT molecular complexity index is 689. The maximum Gasteiger partial charge on any atom is 0.223 e. The SMILES string of the molecule is Cc1noc(C)c1CN(CCC(=O)N1CCNCC1)Cc1c(C)noc1C. The third-order valence-electron chi connectivity index (χ3n) is 5.24. The molecule has 0 radical (unpaired) electrons. The molecule has 1 N–H and O–H groups in total. The van der Waals surface area contributed by atoms with Gasteiger partial charge in [0, 0.05) is 63.4 Å². The molecule has 1 saturated heterocycles. The van der Waals surface area contributed by atoms with Crippen molar-refractivity contribution in [3.8, 4) is 0 Å². The Kier molecular flexibility index (Phi) is 6.28. The van der Waals surface area contributed by atoms with Crippen LogP contribution in [0, 0.1) is 27.7 Å². The van der Waals surface area contributed by atoms with Gasteiger partial charge in [0.05, 0.1) is 11.4 Å². The second-order valence-corrected chi connectivity index (χ2v) is 7.20. The van der Waals surface area contributed by atoms with Crippen LogP contribution in [0.25, 0.3) is 0 Å². The summed E-state index contributed by atoms with van der Waals surface area (Å²) in [6, 6.07) is 0. The number of aryl methyl sites for hydroxylation is 4. The maximum atomic E-state index is 12.6. The Labute approximate surface area is 159 Å². The molecule has 1 aliphatic heterocycles. The van der Waals surface area contributed by atoms with E-state index in [2.05, 4.69) is 20.5 Å². The van der Waals surface area contributed by atoms with Crippen LogP contribution in [0.1, 0.15) is 40.5 Å². The number of nitrogens with one attached hydrogen (secondary N) is 1. The zero-order chi connectivity index (χ0) is 19.4. The highest BCUT2D eigenvalue weighted by Crippen LogP contribution is 2.20. The summed E-state index contributed by atoms with van der Waals surface area (Å²) in [6.45, 7) is 13.1. The number of amides is 1. The van der Waals surface area contributed by atoms with E-state index < -0.39 is 0 Å². The van der Waals surface area contributed by atoms with Gasteiger partial charge in [-0.3, -0.25) is 9.69 Å². The molecule has 3 heterocycles. The average molecular weight is 375 g/mol. The van der Waals surface area contributed by atoms with Gasteiger partial charge in [-0.15, -0.1) is 0 Å². The van der Waals surface area contributed by atoms with Crippen LogP contribution < -0.4 is 5.32 Å². The molecule has 0 spiro atoms. The van der Waals surface area contributed by atoms with Crippen LogP contribution in [-0.4, -0.2) is 58.7 Å². The second kappa shape index (κ2) is 8.67. The summed E-state index contributed by atoms with van der Waals surface area (Å²) < 4.78 is 10.6. The fraction of sp³-hybridized carbons (Fsp3) is 0.632. The topological polar surface area (TPSA) is 87.6 Å². The van der Waals surface area contributed by atoms with Gasteiger partial charge < -0.3 is 19.3 Å². The third-order valence-corrected chi connectivity index (χ3v) is 5.24. The highest BCUT2D eigenvalue weighted by Gasteiger charge is 2.21. The van der Waals surface area contributed by atoms with Gasteiger partial charge in [0.1, 0.15) is 11.5 Å². The van der Waals surface area contributed by atoms with Crippen molar-refractivity contribution >= 4 is 5.91 Å². The number of carbonyl (C=O) groups excluding carboxylic acids is 1. The lowest BCUT2D eigenvalue weighted by atomic mass is 10.1. The van der Waals surface area contributed by atoms with Crippen molar-refractivity contribution in [2.24, 2.45) is 0 Å². The van der Waals surface area contributed by atoms with Gasteiger partial charge in [-0.2, -0.15) is 0 Å². The van der Waals surface area contributed by atoms with Crippen LogP contribution in [0.3, 0.4) is 0 Å². The van der Waals surface area contributed by atoms with Gasteiger partial charge in [-0.25, -0.2) is 0 Å². The first-order chi connectivity index (χ1) is 13.0. The van der Waals surface area contributed by atoms with Crippen molar-refractivity contribution < 1.29 is 13.8 Å². The third kappa shape index (κ3) is 4.75. The molecular weight excluding hydrogens is 346 g/mol. The zero-order valence-electron chi connectivity index (χ0n) is 16.7. The molecule has 0 saturated carbocycles. The molecule has 8 nitrogen and oxygen atoms in total. The molecule has 2 aromatic rings. The van der Waals surface area contributed by atoms with E-state index in [0.29, 0.717) is 26.1 Å². The Morgan fingerprint density at radius 2 is 1.52 bits per heavy atom. The van der Waals surface area contributed by atoms with E-state index >= 15 is 0 Å². The number of hydrogen-bond acceptors (Lipinski definition) is 7. The number of carbonyl (C=O) groups is 1. The van der Waals surface area contributed by atoms with Gasteiger partial charge in [0.15, 0.2) is 0 Å². The number of rotatable bonds is 7. The summed E-state index contributed by atoms with van der Waals surface area (Å²) >= 11 is 0. The zero-order valence-corrected chi connectivity index (χ0v) is 16.7. The van der Waals surface area contributed by atoms with Crippen molar-refractivity contribution in [3.63, 3.8) is 0 Å². The Hall–Kier alpha value is -2.19. The van der Waals surface area contributed by atoms with Crippen molar-refractivity contribution in [3.05, 3.63) is 34.0 Å². The maximum absolute atomic E-state index is 12.6. The monoisotopic (exact) mass is 375 g/mol. The lowest BCUT2D eigenvalue weighted by Gasteiger charge is -2.29. The van der Waals surface area contributed by atoms with Crippen LogP contribution in [0.2, 0.25) is 0 Å². The predicted octanol–water partition coefficient (Wildman–Crippen LogP) is 1.72. The van der Waals surface area contributed by atoms with E-state index in [1.807, 2.05) is 32.6 Å². The van der Waals surface area contributed by atoms with Gasteiger partial charge >= 0.3 is 0 Å². The molecule has 0 bridgehead atoms. The second-order valence-electron chi connectivity index (χ2n) is 7.20. The van der Waals surface area contributed by atoms with E-state index in [1.54, 1.807) is 0 Å². The fourth-order valence-electron chi connectivity index (χ4n) is 3.44. The van der Waals surface area contributed by atoms with Crippen molar-refractivity contribution in [1.82, 2.24) is 25.4 Å². The number of aromatic nitrogens is 2. The smallest absolute Gasteiger partial charge is 0.223 e. The van der Waals surface area contributed by atoms with Crippen molar-refractivity contribution in [2.75, 3.05) is 32.7 Å². The highest BCUT2D eigenvalue weighted by atomic mass is 16.5. The largest absolute Gasteiger partial charge is 0.361 e. The van der Waals surface area contributed by atoms with E-state index in [0.717, 1.165) is 60.2 Å². The summed E-state index contributed by atoms with van der Waals surface area (Å²) in [6.07, 6.45) is 0.493. The lowest BCUT2D eigenvalue weighted by molar-refractivity contribution is -0.132. The average Bonchev–Trinajstić information content (AvgIpc) is 3.16. The molecule has 27 heavy (non-hydrogen) atoms. The quantitative estimate of drug-likeness (QED) is 0.788. The summed E-state index contributed by atoms with van der Waals surface area (Å²) in [5, 5.41) is 11.4. The van der Waals surface area contributed by atoms with E-state index in [-0.39, 0.29) is 5.91 Å². The highest BCUT2D eigenvalue weighted by molar-refractivity contribution is 5.76. The number of nitrogens with zero attached hydrogens (tertiary/aromatic N) is 4. The summed E-state index contributed by atoms with van der Waals surface area (Å²) in [5.74, 6) is 1.86. The molecule has 8 heteroatoms. The standard InChI is InChI=1S/C19H29N5O3/c1-13-17(15(3)26-21-13)11-23(12-18-14(2)22-27-16(18)4)8-5-19(25)24-9-6-20-7-10-24/h20H,5-12H2,1-4H3. The molecule has 0 atom stereocenters.